The summed E-state index contributed by atoms with van der Waals surface area (Å²) in [6, 6.07) is 2.01. The second-order valence-electron chi connectivity index (χ2n) is 3.71. The molecule has 0 fully saturated rings. The molecule has 1 radical (unpaired) electrons. The third-order valence-corrected chi connectivity index (χ3v) is 3.59. The zero-order valence-corrected chi connectivity index (χ0v) is 10.4. The highest BCUT2D eigenvalue weighted by Crippen LogP contribution is 2.30. The lowest BCUT2D eigenvalue weighted by Gasteiger charge is -2.20. The number of nitriles is 1. The smallest absolute Gasteiger partial charge is 0.149 e. The number of alkyl halides is 1. The number of aryl methyl sites for hydroxylation is 1. The topological polar surface area (TPSA) is 36.7 Å². The molecule has 0 amide bonds. The normalized spacial score (nSPS) is 23.2. The van der Waals surface area contributed by atoms with Gasteiger partial charge in [-0.2, -0.15) is 5.26 Å². The van der Waals surface area contributed by atoms with Gasteiger partial charge < -0.3 is 0 Å². The van der Waals surface area contributed by atoms with Crippen LogP contribution in [0.2, 0.25) is 0 Å². The molecular formula is C12H9ClFN2S. The first kappa shape index (κ1) is 12.3. The standard InChI is InChI=1S/C12H9ClFN2S/c13-9-2-1-4-12(14,6-9)5-3-11-16-8-10(7-15)17-11/h1-2,4,6,8H,3,5H2. The first-order chi connectivity index (χ1) is 8.11. The molecule has 17 heavy (non-hydrogen) atoms. The maximum absolute atomic E-state index is 14.2. The molecule has 1 aromatic heterocycles. The minimum absolute atomic E-state index is 0.284. The second kappa shape index (κ2) is 4.99. The van der Waals surface area contributed by atoms with Crippen LogP contribution in [0.5, 0.6) is 0 Å². The zero-order valence-electron chi connectivity index (χ0n) is 8.86. The van der Waals surface area contributed by atoms with Crippen LogP contribution in [-0.2, 0) is 6.42 Å². The van der Waals surface area contributed by atoms with Gasteiger partial charge in [0.05, 0.1) is 11.2 Å². The van der Waals surface area contributed by atoms with Crippen molar-refractivity contribution in [3.63, 3.8) is 0 Å². The fourth-order valence-corrected chi connectivity index (χ4v) is 2.53. The van der Waals surface area contributed by atoms with Crippen molar-refractivity contribution in [2.24, 2.45) is 0 Å². The summed E-state index contributed by atoms with van der Waals surface area (Å²) in [6.45, 7) is 0. The molecule has 0 saturated carbocycles. The maximum atomic E-state index is 14.2. The van der Waals surface area contributed by atoms with Crippen molar-refractivity contribution in [1.82, 2.24) is 4.98 Å². The number of allylic oxidation sites excluding steroid dienone is 4. The van der Waals surface area contributed by atoms with E-state index in [4.69, 9.17) is 16.9 Å². The van der Waals surface area contributed by atoms with Crippen LogP contribution >= 0.6 is 22.9 Å². The van der Waals surface area contributed by atoms with E-state index in [0.29, 0.717) is 16.3 Å². The van der Waals surface area contributed by atoms with Crippen LogP contribution in [0.4, 0.5) is 4.39 Å². The van der Waals surface area contributed by atoms with E-state index in [9.17, 15) is 4.39 Å². The van der Waals surface area contributed by atoms with Crippen molar-refractivity contribution < 1.29 is 4.39 Å². The molecule has 0 aliphatic heterocycles. The molecule has 1 unspecified atom stereocenters. The van der Waals surface area contributed by atoms with Crippen LogP contribution in [0.15, 0.2) is 29.5 Å². The lowest BCUT2D eigenvalue weighted by molar-refractivity contribution is 0.277. The Kier molecular flexibility index (Phi) is 3.60. The van der Waals surface area contributed by atoms with Gasteiger partial charge in [-0.3, -0.25) is 0 Å². The number of halogens is 2. The van der Waals surface area contributed by atoms with Gasteiger partial charge in [0, 0.05) is 17.9 Å². The van der Waals surface area contributed by atoms with E-state index in [1.165, 1.54) is 29.7 Å². The van der Waals surface area contributed by atoms with Gasteiger partial charge in [-0.05, 0) is 18.6 Å². The highest BCUT2D eigenvalue weighted by molar-refractivity contribution is 7.12. The molecule has 1 atom stereocenters. The molecule has 1 heterocycles. The molecule has 1 aliphatic rings. The van der Waals surface area contributed by atoms with Crippen LogP contribution in [-0.4, -0.2) is 10.7 Å². The Balaban J connectivity index is 2.00. The molecule has 0 aromatic carbocycles. The summed E-state index contributed by atoms with van der Waals surface area (Å²) in [5.74, 6) is 0. The van der Waals surface area contributed by atoms with Gasteiger partial charge in [0.1, 0.15) is 16.6 Å². The molecule has 2 nitrogen and oxygen atoms in total. The van der Waals surface area contributed by atoms with Gasteiger partial charge in [0.15, 0.2) is 0 Å². The van der Waals surface area contributed by atoms with E-state index in [1.807, 2.05) is 6.07 Å². The van der Waals surface area contributed by atoms with E-state index >= 15 is 0 Å². The molecule has 1 aliphatic carbocycles. The predicted molar refractivity (Wildman–Crippen MR) is 66.4 cm³/mol. The highest BCUT2D eigenvalue weighted by Gasteiger charge is 2.26. The largest absolute Gasteiger partial charge is 0.248 e. The van der Waals surface area contributed by atoms with Gasteiger partial charge in [-0.1, -0.05) is 17.7 Å². The van der Waals surface area contributed by atoms with E-state index in [1.54, 1.807) is 12.5 Å². The Morgan fingerprint density at radius 2 is 2.41 bits per heavy atom. The van der Waals surface area contributed by atoms with E-state index in [-0.39, 0.29) is 6.42 Å². The lowest BCUT2D eigenvalue weighted by Crippen LogP contribution is -2.20. The third kappa shape index (κ3) is 3.15. The van der Waals surface area contributed by atoms with Crippen LogP contribution in [0.25, 0.3) is 0 Å². The minimum Gasteiger partial charge on any atom is -0.248 e. The summed E-state index contributed by atoms with van der Waals surface area (Å²) in [6.07, 6.45) is 8.44. The van der Waals surface area contributed by atoms with Crippen molar-refractivity contribution in [1.29, 1.82) is 5.26 Å². The van der Waals surface area contributed by atoms with Crippen LogP contribution in [0.3, 0.4) is 0 Å². The molecule has 0 bridgehead atoms. The zero-order chi connectivity index (χ0) is 12.3. The number of rotatable bonds is 3. The Morgan fingerprint density at radius 3 is 3.06 bits per heavy atom. The SMILES string of the molecule is N#Cc1cnc(CCC2(F)C=C[CH]C(Cl)=C2)s1. The summed E-state index contributed by atoms with van der Waals surface area (Å²) in [5.41, 5.74) is -1.51. The Hall–Kier alpha value is -1.18. The quantitative estimate of drug-likeness (QED) is 0.840. The minimum atomic E-state index is -1.51. The first-order valence-corrected chi connectivity index (χ1v) is 6.25. The van der Waals surface area contributed by atoms with Crippen LogP contribution in [0.1, 0.15) is 16.3 Å². The number of thiazole rings is 1. The number of hydrogen-bond acceptors (Lipinski definition) is 3. The summed E-state index contributed by atoms with van der Waals surface area (Å²) < 4.78 is 14.2. The van der Waals surface area contributed by atoms with Crippen molar-refractivity contribution in [3.05, 3.63) is 45.8 Å². The maximum Gasteiger partial charge on any atom is 0.149 e. The summed E-state index contributed by atoms with van der Waals surface area (Å²) in [4.78, 5) is 4.62. The molecule has 0 saturated heterocycles. The van der Waals surface area contributed by atoms with Gasteiger partial charge in [0.2, 0.25) is 0 Å². The predicted octanol–water partition coefficient (Wildman–Crippen LogP) is 3.55. The van der Waals surface area contributed by atoms with Crippen LogP contribution < -0.4 is 0 Å². The van der Waals surface area contributed by atoms with E-state index in [2.05, 4.69) is 4.98 Å². The average Bonchev–Trinajstić information content (AvgIpc) is 2.74. The monoisotopic (exact) mass is 267 g/mol. The van der Waals surface area contributed by atoms with E-state index < -0.39 is 5.67 Å². The van der Waals surface area contributed by atoms with Crippen molar-refractivity contribution in [2.75, 3.05) is 0 Å². The summed E-state index contributed by atoms with van der Waals surface area (Å²) in [5, 5.41) is 9.84. The Morgan fingerprint density at radius 1 is 1.59 bits per heavy atom. The fourth-order valence-electron chi connectivity index (χ4n) is 1.56. The Bertz CT molecular complexity index is 515. The molecule has 87 valence electrons. The van der Waals surface area contributed by atoms with Crippen molar-refractivity contribution >= 4 is 22.9 Å². The van der Waals surface area contributed by atoms with Gasteiger partial charge in [-0.25, -0.2) is 9.37 Å². The number of aromatic nitrogens is 1. The van der Waals surface area contributed by atoms with Gasteiger partial charge >= 0.3 is 0 Å². The summed E-state index contributed by atoms with van der Waals surface area (Å²) in [7, 11) is 0. The fraction of sp³-hybridized carbons (Fsp3) is 0.250. The highest BCUT2D eigenvalue weighted by atomic mass is 35.5. The van der Waals surface area contributed by atoms with Crippen molar-refractivity contribution in [3.8, 4) is 6.07 Å². The Labute approximate surface area is 108 Å². The van der Waals surface area contributed by atoms with Crippen molar-refractivity contribution in [2.45, 2.75) is 18.5 Å². The molecule has 5 heteroatoms. The average molecular weight is 268 g/mol. The molecule has 1 aromatic rings. The lowest BCUT2D eigenvalue weighted by atomic mass is 9.95. The molecular weight excluding hydrogens is 259 g/mol. The van der Waals surface area contributed by atoms with E-state index in [0.717, 1.165) is 5.01 Å². The van der Waals surface area contributed by atoms with Crippen LogP contribution in [0, 0.1) is 17.8 Å². The molecule has 0 N–H and O–H groups in total. The van der Waals surface area contributed by atoms with Gasteiger partial charge in [-0.15, -0.1) is 11.3 Å². The molecule has 0 spiro atoms. The second-order valence-corrected chi connectivity index (χ2v) is 5.26. The van der Waals surface area contributed by atoms with Gasteiger partial charge in [0.25, 0.3) is 0 Å². The molecule has 2 rings (SSSR count). The number of hydrogen-bond donors (Lipinski definition) is 0. The third-order valence-electron chi connectivity index (χ3n) is 2.39. The first-order valence-electron chi connectivity index (χ1n) is 5.06. The summed E-state index contributed by atoms with van der Waals surface area (Å²) >= 11 is 7.06. The number of nitrogens with zero attached hydrogens (tertiary/aromatic N) is 2.